The van der Waals surface area contributed by atoms with E-state index in [-0.39, 0.29) is 6.04 Å². The van der Waals surface area contributed by atoms with E-state index in [1.807, 2.05) is 14.1 Å². The van der Waals surface area contributed by atoms with Gasteiger partial charge in [0.2, 0.25) is 5.95 Å². The van der Waals surface area contributed by atoms with E-state index in [9.17, 15) is 13.2 Å². The summed E-state index contributed by atoms with van der Waals surface area (Å²) in [5, 5.41) is 10.2. The lowest BCUT2D eigenvalue weighted by Gasteiger charge is -2.31. The summed E-state index contributed by atoms with van der Waals surface area (Å²) in [5.74, 6) is 1.72. The van der Waals surface area contributed by atoms with Crippen LogP contribution in [0.1, 0.15) is 55.3 Å². The average Bonchev–Trinajstić information content (AvgIpc) is 2.79. The second kappa shape index (κ2) is 10.3. The molecule has 0 bridgehead atoms. The van der Waals surface area contributed by atoms with Crippen molar-refractivity contribution in [3.8, 4) is 0 Å². The zero-order valence-electron chi connectivity index (χ0n) is 19.5. The van der Waals surface area contributed by atoms with Crippen LogP contribution in [0, 0.1) is 0 Å². The molecule has 184 valence electrons. The molecule has 0 atom stereocenters. The number of nitrogens with one attached hydrogen (secondary N) is 3. The van der Waals surface area contributed by atoms with Gasteiger partial charge in [-0.2, -0.15) is 18.2 Å². The van der Waals surface area contributed by atoms with Gasteiger partial charge in [0.15, 0.2) is 5.11 Å². The molecule has 0 aliphatic heterocycles. The molecular weight excluding hydrogens is 461 g/mol. The van der Waals surface area contributed by atoms with E-state index in [1.165, 1.54) is 36.2 Å². The molecule has 0 saturated heterocycles. The van der Waals surface area contributed by atoms with Gasteiger partial charge in [-0.3, -0.25) is 0 Å². The summed E-state index contributed by atoms with van der Waals surface area (Å²) in [7, 11) is 4.05. The van der Waals surface area contributed by atoms with Gasteiger partial charge in [0.1, 0.15) is 5.82 Å². The fourth-order valence-corrected chi connectivity index (χ4v) is 4.95. The molecule has 0 amide bonds. The molecule has 2 aliphatic rings. The van der Waals surface area contributed by atoms with Crippen LogP contribution in [0.25, 0.3) is 0 Å². The minimum absolute atomic E-state index is 0.217. The van der Waals surface area contributed by atoms with E-state index in [4.69, 9.17) is 22.2 Å². The molecule has 0 radical (unpaired) electrons. The monoisotopic (exact) mass is 492 g/mol. The van der Waals surface area contributed by atoms with E-state index in [2.05, 4.69) is 20.9 Å². The highest BCUT2D eigenvalue weighted by Gasteiger charge is 2.30. The number of anilines is 3. The third-order valence-electron chi connectivity index (χ3n) is 6.45. The molecule has 4 rings (SSSR count). The maximum atomic E-state index is 12.7. The Balaban J connectivity index is 1.27. The second-order valence-corrected chi connectivity index (χ2v) is 9.67. The minimum atomic E-state index is -4.35. The topological polar surface area (TPSA) is 65.1 Å². The molecular formula is C24H31F3N6S. The Hall–Kier alpha value is -2.62. The fourth-order valence-electron chi connectivity index (χ4n) is 4.67. The third-order valence-corrected chi connectivity index (χ3v) is 6.67. The highest BCUT2D eigenvalue weighted by Crippen LogP contribution is 2.31. The van der Waals surface area contributed by atoms with Crippen LogP contribution in [0.5, 0.6) is 0 Å². The van der Waals surface area contributed by atoms with Gasteiger partial charge in [0, 0.05) is 37.4 Å². The van der Waals surface area contributed by atoms with Gasteiger partial charge in [0.05, 0.1) is 11.3 Å². The Labute approximate surface area is 203 Å². The standard InChI is InChI=1S/C24H31F3N6S/c1-33(2)21-19-5-3-4-6-20(19)31-22(32-21)28-16-11-13-18(14-12-16)30-23(34)29-17-9-7-15(8-10-17)24(25,26)27/h7-10,16,18H,3-6,11-14H2,1-2H3,(H,28,31,32)(H2,29,30,34)/t16-,18+. The van der Waals surface area contributed by atoms with Crippen molar-refractivity contribution >= 4 is 34.8 Å². The second-order valence-electron chi connectivity index (χ2n) is 9.26. The summed E-state index contributed by atoms with van der Waals surface area (Å²) in [6.45, 7) is 0. The zero-order chi connectivity index (χ0) is 24.3. The summed E-state index contributed by atoms with van der Waals surface area (Å²) in [5.41, 5.74) is 2.30. The average molecular weight is 493 g/mol. The lowest BCUT2D eigenvalue weighted by atomic mass is 9.91. The predicted molar refractivity (Wildman–Crippen MR) is 133 cm³/mol. The SMILES string of the molecule is CN(C)c1nc(N[C@H]2CC[C@@H](NC(=S)Nc3ccc(C(F)(F)F)cc3)CC2)nc2c1CCCC2. The molecule has 10 heteroatoms. The number of alkyl halides is 3. The van der Waals surface area contributed by atoms with Crippen molar-refractivity contribution in [3.05, 3.63) is 41.1 Å². The summed E-state index contributed by atoms with van der Waals surface area (Å²) in [6, 6.07) is 5.38. The Morgan fingerprint density at radius 1 is 0.971 bits per heavy atom. The smallest absolute Gasteiger partial charge is 0.362 e. The van der Waals surface area contributed by atoms with Crippen molar-refractivity contribution < 1.29 is 13.2 Å². The Kier molecular flexibility index (Phi) is 7.45. The number of fused-ring (bicyclic) bond motifs is 1. The van der Waals surface area contributed by atoms with Crippen LogP contribution in [0.15, 0.2) is 24.3 Å². The van der Waals surface area contributed by atoms with Crippen LogP contribution in [-0.2, 0) is 19.0 Å². The normalized spacial score (nSPS) is 20.3. The number of aryl methyl sites for hydroxylation is 1. The molecule has 1 saturated carbocycles. The number of halogens is 3. The largest absolute Gasteiger partial charge is 0.416 e. The van der Waals surface area contributed by atoms with Gasteiger partial charge < -0.3 is 20.9 Å². The first-order chi connectivity index (χ1) is 16.2. The van der Waals surface area contributed by atoms with Gasteiger partial charge >= 0.3 is 6.18 Å². The van der Waals surface area contributed by atoms with Crippen LogP contribution in [0.2, 0.25) is 0 Å². The predicted octanol–water partition coefficient (Wildman–Crippen LogP) is 5.15. The number of hydrogen-bond donors (Lipinski definition) is 3. The Morgan fingerprint density at radius 3 is 2.26 bits per heavy atom. The lowest BCUT2D eigenvalue weighted by Crippen LogP contribution is -2.42. The first-order valence-electron chi connectivity index (χ1n) is 11.8. The minimum Gasteiger partial charge on any atom is -0.362 e. The van der Waals surface area contributed by atoms with E-state index in [0.717, 1.165) is 56.5 Å². The molecule has 2 aliphatic carbocycles. The molecule has 1 heterocycles. The number of benzene rings is 1. The van der Waals surface area contributed by atoms with Crippen molar-refractivity contribution in [3.63, 3.8) is 0 Å². The molecule has 1 fully saturated rings. The van der Waals surface area contributed by atoms with E-state index >= 15 is 0 Å². The van der Waals surface area contributed by atoms with Gasteiger partial charge in [-0.25, -0.2) is 4.98 Å². The summed E-state index contributed by atoms with van der Waals surface area (Å²) in [4.78, 5) is 11.7. The first kappa shape index (κ1) is 24.5. The highest BCUT2D eigenvalue weighted by molar-refractivity contribution is 7.80. The maximum Gasteiger partial charge on any atom is 0.416 e. The molecule has 34 heavy (non-hydrogen) atoms. The van der Waals surface area contributed by atoms with Gasteiger partial charge in [-0.1, -0.05) is 0 Å². The molecule has 6 nitrogen and oxygen atoms in total. The van der Waals surface area contributed by atoms with Crippen LogP contribution in [0.4, 0.5) is 30.6 Å². The third kappa shape index (κ3) is 6.08. The number of aromatic nitrogens is 2. The van der Waals surface area contributed by atoms with Crippen LogP contribution in [0.3, 0.4) is 0 Å². The van der Waals surface area contributed by atoms with Crippen molar-refractivity contribution in [2.45, 2.75) is 69.6 Å². The van der Waals surface area contributed by atoms with Gasteiger partial charge in [-0.05, 0) is 87.8 Å². The highest BCUT2D eigenvalue weighted by atomic mass is 32.1. The number of nitrogens with zero attached hydrogens (tertiary/aromatic N) is 3. The summed E-state index contributed by atoms with van der Waals surface area (Å²) >= 11 is 5.37. The molecule has 1 aromatic carbocycles. The summed E-state index contributed by atoms with van der Waals surface area (Å²) in [6.07, 6.45) is 3.84. The zero-order valence-corrected chi connectivity index (χ0v) is 20.3. The maximum absolute atomic E-state index is 12.7. The van der Waals surface area contributed by atoms with E-state index < -0.39 is 11.7 Å². The number of thiocarbonyl (C=S) groups is 1. The number of hydrogen-bond acceptors (Lipinski definition) is 5. The summed E-state index contributed by atoms with van der Waals surface area (Å²) < 4.78 is 38.1. The molecule has 0 unspecified atom stereocenters. The number of rotatable bonds is 5. The molecule has 1 aromatic heterocycles. The van der Waals surface area contributed by atoms with Crippen LogP contribution >= 0.6 is 12.2 Å². The molecule has 3 N–H and O–H groups in total. The van der Waals surface area contributed by atoms with Crippen LogP contribution in [-0.4, -0.2) is 41.3 Å². The lowest BCUT2D eigenvalue weighted by molar-refractivity contribution is -0.137. The van der Waals surface area contributed by atoms with E-state index in [0.29, 0.717) is 22.8 Å². The van der Waals surface area contributed by atoms with Crippen LogP contribution < -0.4 is 20.9 Å². The Bertz CT molecular complexity index is 1000. The first-order valence-corrected chi connectivity index (χ1v) is 12.2. The van der Waals surface area contributed by atoms with Gasteiger partial charge in [0.25, 0.3) is 0 Å². The van der Waals surface area contributed by atoms with Crippen molar-refractivity contribution in [1.82, 2.24) is 15.3 Å². The Morgan fingerprint density at radius 2 is 1.62 bits per heavy atom. The van der Waals surface area contributed by atoms with Crippen molar-refractivity contribution in [1.29, 1.82) is 0 Å². The molecule has 0 spiro atoms. The van der Waals surface area contributed by atoms with Crippen molar-refractivity contribution in [2.24, 2.45) is 0 Å². The van der Waals surface area contributed by atoms with Gasteiger partial charge in [-0.15, -0.1) is 0 Å². The quantitative estimate of drug-likeness (QED) is 0.499. The van der Waals surface area contributed by atoms with Crippen molar-refractivity contribution in [2.75, 3.05) is 29.6 Å². The fraction of sp³-hybridized carbons (Fsp3) is 0.542. The van der Waals surface area contributed by atoms with E-state index in [1.54, 1.807) is 0 Å². The molecule has 2 aromatic rings.